The molecule has 42 heavy (non-hydrogen) atoms. The van der Waals surface area contributed by atoms with Crippen LogP contribution in [0.3, 0.4) is 0 Å². The fourth-order valence-electron chi connectivity index (χ4n) is 6.93. The molecule has 4 aromatic rings. The number of rotatable bonds is 9. The molecule has 2 aromatic heterocycles. The smallest absolute Gasteiger partial charge is 0.231 e. The molecule has 8 rings (SSSR count). The largest absolute Gasteiger partial charge is 0.335 e. The maximum Gasteiger partial charge on any atom is 0.231 e. The number of fused-ring (bicyclic) bond motifs is 2. The first-order chi connectivity index (χ1) is 20.6. The van der Waals surface area contributed by atoms with E-state index in [4.69, 9.17) is 0 Å². The highest BCUT2D eigenvalue weighted by Gasteiger charge is 2.41. The van der Waals surface area contributed by atoms with E-state index in [1.807, 2.05) is 21.6 Å². The summed E-state index contributed by atoms with van der Waals surface area (Å²) in [4.78, 5) is 7.62. The zero-order chi connectivity index (χ0) is 28.5. The molecular formula is C36H36N4S2+2. The Morgan fingerprint density at radius 1 is 0.548 bits per heavy atom. The van der Waals surface area contributed by atoms with Crippen molar-refractivity contribution in [1.29, 1.82) is 0 Å². The topological polar surface area (TPSA) is 13.8 Å². The van der Waals surface area contributed by atoms with E-state index in [0.29, 0.717) is 0 Å². The van der Waals surface area contributed by atoms with E-state index in [1.54, 1.807) is 22.3 Å². The lowest BCUT2D eigenvalue weighted by molar-refractivity contribution is -0.696. The van der Waals surface area contributed by atoms with Crippen LogP contribution in [-0.4, -0.2) is 23.9 Å². The van der Waals surface area contributed by atoms with Crippen molar-refractivity contribution in [3.8, 4) is 0 Å². The van der Waals surface area contributed by atoms with Gasteiger partial charge in [0.15, 0.2) is 12.4 Å². The van der Waals surface area contributed by atoms with Gasteiger partial charge in [-0.15, -0.1) is 0 Å². The van der Waals surface area contributed by atoms with Gasteiger partial charge in [0.05, 0.1) is 11.4 Å². The fraction of sp³-hybridized carbons (Fsp3) is 0.278. The van der Waals surface area contributed by atoms with E-state index in [9.17, 15) is 0 Å². The third kappa shape index (κ3) is 3.99. The zero-order valence-corrected chi connectivity index (χ0v) is 26.4. The first kappa shape index (κ1) is 26.2. The van der Waals surface area contributed by atoms with Gasteiger partial charge < -0.3 is 9.80 Å². The monoisotopic (exact) mass is 588 g/mol. The quantitative estimate of drug-likeness (QED) is 0.157. The van der Waals surface area contributed by atoms with Crippen LogP contribution in [-0.2, 0) is 38.8 Å². The van der Waals surface area contributed by atoms with Crippen LogP contribution < -0.4 is 9.13 Å². The number of nitrogens with zero attached hydrogens (tertiary/aromatic N) is 4. The summed E-state index contributed by atoms with van der Waals surface area (Å²) < 4.78 is 4.68. The highest BCUT2D eigenvalue weighted by molar-refractivity contribution is 8.76. The number of hydrogen-bond donors (Lipinski definition) is 0. The van der Waals surface area contributed by atoms with Gasteiger partial charge in [0.25, 0.3) is 0 Å². The minimum absolute atomic E-state index is 0.984. The highest BCUT2D eigenvalue weighted by Crippen LogP contribution is 2.53. The molecule has 0 unspecified atom stereocenters. The molecule has 4 heterocycles. The molecule has 210 valence electrons. The molecular weight excluding hydrogens is 553 g/mol. The van der Waals surface area contributed by atoms with Crippen LogP contribution in [0.25, 0.3) is 22.8 Å². The van der Waals surface area contributed by atoms with Gasteiger partial charge in [-0.1, -0.05) is 33.7 Å². The summed E-state index contributed by atoms with van der Waals surface area (Å²) in [5.74, 6) is 0. The van der Waals surface area contributed by atoms with Crippen LogP contribution in [0.2, 0.25) is 0 Å². The minimum atomic E-state index is 0.984. The van der Waals surface area contributed by atoms with Crippen molar-refractivity contribution >= 4 is 44.4 Å². The molecule has 0 N–H and O–H groups in total. The first-order valence-corrected chi connectivity index (χ1v) is 17.3. The second-order valence-electron chi connectivity index (χ2n) is 11.6. The molecule has 2 aromatic carbocycles. The lowest BCUT2D eigenvalue weighted by Crippen LogP contribution is -2.35. The molecule has 2 aliphatic heterocycles. The average molecular weight is 589 g/mol. The Hall–Kier alpha value is -3.48. The van der Waals surface area contributed by atoms with Crippen molar-refractivity contribution in [3.05, 3.63) is 118 Å². The van der Waals surface area contributed by atoms with Crippen molar-refractivity contribution in [1.82, 2.24) is 9.80 Å². The normalized spacial score (nSPS) is 16.3. The van der Waals surface area contributed by atoms with Crippen LogP contribution >= 0.6 is 21.6 Å². The Bertz CT molecular complexity index is 1720. The average Bonchev–Trinajstić information content (AvgIpc) is 3.85. The van der Waals surface area contributed by atoms with E-state index in [1.165, 1.54) is 80.8 Å². The van der Waals surface area contributed by atoms with Gasteiger partial charge in [-0.2, -0.15) is 9.13 Å². The fourth-order valence-corrected chi connectivity index (χ4v) is 9.48. The van der Waals surface area contributed by atoms with E-state index in [2.05, 4.69) is 120 Å². The van der Waals surface area contributed by atoms with Gasteiger partial charge >= 0.3 is 0 Å². The molecule has 4 aliphatic rings. The molecule has 0 amide bonds. The predicted octanol–water partition coefficient (Wildman–Crippen LogP) is 6.84. The van der Waals surface area contributed by atoms with Crippen LogP contribution in [0, 0.1) is 0 Å². The maximum absolute atomic E-state index is 2.38. The Kier molecular flexibility index (Phi) is 6.27. The molecule has 0 fully saturated rings. The third-order valence-electron chi connectivity index (χ3n) is 9.50. The second-order valence-corrected chi connectivity index (χ2v) is 13.8. The van der Waals surface area contributed by atoms with Gasteiger partial charge in [0.1, 0.15) is 24.5 Å². The highest BCUT2D eigenvalue weighted by atomic mass is 33.1. The zero-order valence-electron chi connectivity index (χ0n) is 24.8. The summed E-state index contributed by atoms with van der Waals surface area (Å²) in [5.41, 5.74) is 17.3. The van der Waals surface area contributed by atoms with Gasteiger partial charge in [-0.3, -0.25) is 0 Å². The summed E-state index contributed by atoms with van der Waals surface area (Å²) in [6, 6.07) is 22.6. The van der Waals surface area contributed by atoms with Crippen molar-refractivity contribution in [2.75, 3.05) is 14.1 Å². The van der Waals surface area contributed by atoms with E-state index in [-0.39, 0.29) is 0 Å². The van der Waals surface area contributed by atoms with Gasteiger partial charge in [0.2, 0.25) is 11.4 Å². The second kappa shape index (κ2) is 10.1. The summed E-state index contributed by atoms with van der Waals surface area (Å²) >= 11 is 0. The molecule has 0 saturated heterocycles. The molecule has 0 spiro atoms. The number of aromatic nitrogens is 2. The Balaban J connectivity index is 1.04. The van der Waals surface area contributed by atoms with Crippen molar-refractivity contribution in [2.24, 2.45) is 0 Å². The molecule has 0 saturated carbocycles. The Morgan fingerprint density at radius 3 is 1.36 bits per heavy atom. The van der Waals surface area contributed by atoms with Crippen LogP contribution in [0.4, 0.5) is 0 Å². The summed E-state index contributed by atoms with van der Waals surface area (Å²) in [7, 11) is 8.34. The van der Waals surface area contributed by atoms with E-state index in [0.717, 1.165) is 13.1 Å². The molecule has 2 aliphatic carbocycles. The van der Waals surface area contributed by atoms with Crippen molar-refractivity contribution in [3.63, 3.8) is 0 Å². The molecule has 4 nitrogen and oxygen atoms in total. The van der Waals surface area contributed by atoms with Crippen molar-refractivity contribution < 1.29 is 9.13 Å². The minimum Gasteiger partial charge on any atom is -0.335 e. The molecule has 0 bridgehead atoms. The van der Waals surface area contributed by atoms with Crippen LogP contribution in [0.15, 0.2) is 82.8 Å². The van der Waals surface area contributed by atoms with E-state index >= 15 is 0 Å². The van der Waals surface area contributed by atoms with Gasteiger partial charge in [-0.25, -0.2) is 0 Å². The summed E-state index contributed by atoms with van der Waals surface area (Å²) in [6.45, 7) is 6.40. The third-order valence-corrected chi connectivity index (χ3v) is 12.0. The summed E-state index contributed by atoms with van der Waals surface area (Å²) in [6.07, 6.45) is 9.13. The lowest BCUT2D eigenvalue weighted by Gasteiger charge is -2.27. The number of aryl methyl sites for hydroxylation is 2. The first-order valence-electron chi connectivity index (χ1n) is 15.2. The van der Waals surface area contributed by atoms with E-state index < -0.39 is 0 Å². The lowest BCUT2D eigenvalue weighted by atomic mass is 9.84. The van der Waals surface area contributed by atoms with Gasteiger partial charge in [0, 0.05) is 59.3 Å². The van der Waals surface area contributed by atoms with Crippen LogP contribution in [0.1, 0.15) is 58.6 Å². The molecule has 0 radical (unpaired) electrons. The number of pyridine rings is 2. The maximum atomic E-state index is 2.38. The number of benzene rings is 2. The van der Waals surface area contributed by atoms with Crippen LogP contribution in [0.5, 0.6) is 0 Å². The van der Waals surface area contributed by atoms with Gasteiger partial charge in [-0.05, 0) is 86.1 Å². The van der Waals surface area contributed by atoms with Crippen molar-refractivity contribution in [2.45, 2.75) is 62.4 Å². The summed E-state index contributed by atoms with van der Waals surface area (Å²) in [5, 5.41) is 0. The predicted molar refractivity (Wildman–Crippen MR) is 173 cm³/mol. The number of hydrogen-bond acceptors (Lipinski definition) is 4. The Labute approximate surface area is 256 Å². The molecule has 0 atom stereocenters. The molecule has 6 heteroatoms. The standard InChI is InChI=1S/C36H36N4S2/c1-5-39-21-9-7-11-29(39)35-33(37(35)3)27-17-19-31(25-15-13-23(25)27)41-42-32-20-18-28(24-14-16-26(24)32)34-36(38(34)4)30-12-8-10-22-40(30)6-2/h7-12,17-22H,5-6,13-16H2,1-4H3/q+2. The Morgan fingerprint density at radius 2 is 0.976 bits per heavy atom. The SMILES string of the molecule is CC[n+]1ccccc1C1=C(c2ccc(SSc3ccc(C4=C(c5cccc[n+]5CC)N4C)c4c3CC4)c3c2CC3)N1C.